The predicted molar refractivity (Wildman–Crippen MR) is 120 cm³/mol. The summed E-state index contributed by atoms with van der Waals surface area (Å²) in [6, 6.07) is 1.72. The van der Waals surface area contributed by atoms with E-state index in [2.05, 4.69) is 29.5 Å². The normalized spacial score (nSPS) is 36.7. The summed E-state index contributed by atoms with van der Waals surface area (Å²) in [6.07, 6.45) is 11.6. The van der Waals surface area contributed by atoms with Crippen molar-refractivity contribution in [2.75, 3.05) is 5.32 Å². The molecule has 6 atom stereocenters. The van der Waals surface area contributed by atoms with E-state index in [4.69, 9.17) is 16.1 Å². The van der Waals surface area contributed by atoms with Crippen LogP contribution in [-0.2, 0) is 9.59 Å². The number of ketones is 1. The minimum absolute atomic E-state index is 0.0567. The number of Topliss-reactive ketones (excluding diaryl/α,β-unsaturated/α-hetero) is 1. The van der Waals surface area contributed by atoms with Crippen LogP contribution in [0.25, 0.3) is 0 Å². The van der Waals surface area contributed by atoms with Gasteiger partial charge in [-0.25, -0.2) is 0 Å². The van der Waals surface area contributed by atoms with Crippen molar-refractivity contribution in [1.29, 1.82) is 0 Å². The topological polar surface area (TPSA) is 72.2 Å². The molecule has 0 aliphatic heterocycles. The number of allylic oxidation sites excluding steroid dienone is 4. The lowest BCUT2D eigenvalue weighted by atomic mass is 9.53. The molecule has 0 aromatic carbocycles. The number of aromatic nitrogens is 1. The summed E-state index contributed by atoms with van der Waals surface area (Å²) in [6.45, 7) is 4.00. The van der Waals surface area contributed by atoms with Crippen molar-refractivity contribution in [3.63, 3.8) is 0 Å². The fraction of sp³-hybridized carbons (Fsp3) is 0.640. The molecule has 3 fully saturated rings. The number of alkyl halides is 1. The molecule has 0 spiro atoms. The molecule has 1 aromatic rings. The molecular weight excluding hydrogens is 412 g/mol. The lowest BCUT2D eigenvalue weighted by Gasteiger charge is -2.51. The summed E-state index contributed by atoms with van der Waals surface area (Å²) in [5, 5.41) is 6.78. The van der Waals surface area contributed by atoms with E-state index in [1.54, 1.807) is 13.0 Å². The zero-order valence-electron chi connectivity index (χ0n) is 18.3. The van der Waals surface area contributed by atoms with Crippen molar-refractivity contribution in [3.05, 3.63) is 35.1 Å². The zero-order valence-corrected chi connectivity index (χ0v) is 19.1. The van der Waals surface area contributed by atoms with Crippen molar-refractivity contribution in [3.8, 4) is 0 Å². The number of anilines is 1. The highest BCUT2D eigenvalue weighted by molar-refractivity contribution is 6.22. The lowest BCUT2D eigenvalue weighted by Crippen LogP contribution is -2.45. The van der Waals surface area contributed by atoms with E-state index in [0.717, 1.165) is 38.5 Å². The maximum atomic E-state index is 13.1. The first-order chi connectivity index (χ1) is 14.8. The Kier molecular flexibility index (Phi) is 5.36. The van der Waals surface area contributed by atoms with Gasteiger partial charge in [0.15, 0.2) is 5.82 Å². The highest BCUT2D eigenvalue weighted by Crippen LogP contribution is 2.62. The van der Waals surface area contributed by atoms with E-state index >= 15 is 0 Å². The average Bonchev–Trinajstić information content (AvgIpc) is 3.25. The molecule has 5 nitrogen and oxygen atoms in total. The third-order valence-corrected chi connectivity index (χ3v) is 8.68. The van der Waals surface area contributed by atoms with Crippen LogP contribution in [-0.4, -0.2) is 22.2 Å². The quantitative estimate of drug-likeness (QED) is 0.616. The zero-order chi connectivity index (χ0) is 21.8. The Hall–Kier alpha value is -1.88. The van der Waals surface area contributed by atoms with Crippen LogP contribution in [0.15, 0.2) is 33.9 Å². The van der Waals surface area contributed by atoms with Crippen LogP contribution >= 0.6 is 11.6 Å². The van der Waals surface area contributed by atoms with Gasteiger partial charge in [0.05, 0.1) is 5.38 Å². The molecule has 166 valence electrons. The molecule has 31 heavy (non-hydrogen) atoms. The van der Waals surface area contributed by atoms with E-state index in [-0.39, 0.29) is 22.6 Å². The van der Waals surface area contributed by atoms with Gasteiger partial charge in [-0.15, -0.1) is 11.6 Å². The van der Waals surface area contributed by atoms with Gasteiger partial charge in [0.1, 0.15) is 11.5 Å². The molecule has 4 aliphatic carbocycles. The molecule has 1 aromatic heterocycles. The molecule has 1 N–H and O–H groups in total. The molecular formula is C25H31ClN2O3. The molecule has 4 unspecified atom stereocenters. The fourth-order valence-electron chi connectivity index (χ4n) is 7.04. The minimum atomic E-state index is -0.225. The number of carbonyl (C=O) groups is 2. The monoisotopic (exact) mass is 442 g/mol. The van der Waals surface area contributed by atoms with Gasteiger partial charge in [0.25, 0.3) is 0 Å². The second kappa shape index (κ2) is 7.91. The summed E-state index contributed by atoms with van der Waals surface area (Å²) in [5.41, 5.74) is 2.73. The third kappa shape index (κ3) is 3.69. The van der Waals surface area contributed by atoms with Crippen molar-refractivity contribution >= 4 is 29.1 Å². The summed E-state index contributed by atoms with van der Waals surface area (Å²) >= 11 is 6.38. The predicted octanol–water partition coefficient (Wildman–Crippen LogP) is 5.60. The van der Waals surface area contributed by atoms with Crippen LogP contribution in [0.3, 0.4) is 0 Å². The second-order valence-electron chi connectivity index (χ2n) is 10.2. The van der Waals surface area contributed by atoms with Crippen molar-refractivity contribution in [2.45, 2.75) is 70.6 Å². The van der Waals surface area contributed by atoms with Crippen LogP contribution in [0, 0.1) is 36.0 Å². The van der Waals surface area contributed by atoms with E-state index in [1.807, 2.05) is 0 Å². The van der Waals surface area contributed by atoms with Gasteiger partial charge in [-0.3, -0.25) is 9.59 Å². The second-order valence-corrected chi connectivity index (χ2v) is 10.8. The van der Waals surface area contributed by atoms with Crippen molar-refractivity contribution < 1.29 is 14.1 Å². The van der Waals surface area contributed by atoms with Gasteiger partial charge in [0, 0.05) is 24.3 Å². The third-order valence-electron chi connectivity index (χ3n) is 8.38. The first-order valence-electron chi connectivity index (χ1n) is 11.7. The van der Waals surface area contributed by atoms with Crippen LogP contribution < -0.4 is 5.32 Å². The Labute approximate surface area is 188 Å². The molecule has 4 aliphatic rings. The number of nitrogens with zero attached hydrogens (tertiary/aromatic N) is 1. The van der Waals surface area contributed by atoms with Gasteiger partial charge in [0.2, 0.25) is 5.91 Å². The first-order valence-corrected chi connectivity index (χ1v) is 12.1. The number of rotatable bonds is 4. The number of hydrogen-bond acceptors (Lipinski definition) is 4. The van der Waals surface area contributed by atoms with Gasteiger partial charge in [-0.1, -0.05) is 24.2 Å². The number of hydrogen-bond donors (Lipinski definition) is 1. The number of fused-ring (bicyclic) bond motifs is 5. The molecule has 0 radical (unpaired) electrons. The number of aryl methyl sites for hydroxylation is 1. The largest absolute Gasteiger partial charge is 0.360 e. The van der Waals surface area contributed by atoms with E-state index in [9.17, 15) is 9.59 Å². The molecule has 3 saturated carbocycles. The number of amides is 1. The number of carbonyl (C=O) groups excluding carboxylic acids is 2. The molecule has 0 bridgehead atoms. The van der Waals surface area contributed by atoms with Crippen LogP contribution in [0.1, 0.15) is 64.1 Å². The Morgan fingerprint density at radius 3 is 3.00 bits per heavy atom. The highest BCUT2D eigenvalue weighted by atomic mass is 35.5. The van der Waals surface area contributed by atoms with Crippen LogP contribution in [0.5, 0.6) is 0 Å². The van der Waals surface area contributed by atoms with Crippen LogP contribution in [0.2, 0.25) is 0 Å². The summed E-state index contributed by atoms with van der Waals surface area (Å²) in [7, 11) is 0. The van der Waals surface area contributed by atoms with Crippen molar-refractivity contribution in [2.24, 2.45) is 29.1 Å². The highest BCUT2D eigenvalue weighted by Gasteiger charge is 2.58. The SMILES string of the molecule is Cc1cc(NC(=O)CC[C@@H]2CC(=O)[C@@]3(C)CCC4C5=CCC(Cl)C=C5CCC4C23)no1. The first kappa shape index (κ1) is 21.0. The average molecular weight is 443 g/mol. The summed E-state index contributed by atoms with van der Waals surface area (Å²) in [5.74, 6) is 3.22. The number of halogens is 1. The number of nitrogens with one attached hydrogen (secondary N) is 1. The molecule has 0 saturated heterocycles. The van der Waals surface area contributed by atoms with Gasteiger partial charge >= 0.3 is 0 Å². The Morgan fingerprint density at radius 2 is 2.23 bits per heavy atom. The maximum Gasteiger partial charge on any atom is 0.225 e. The minimum Gasteiger partial charge on any atom is -0.360 e. The van der Waals surface area contributed by atoms with Crippen molar-refractivity contribution in [1.82, 2.24) is 5.16 Å². The van der Waals surface area contributed by atoms with Crippen LogP contribution in [0.4, 0.5) is 5.82 Å². The Bertz CT molecular complexity index is 964. The Balaban J connectivity index is 1.31. The van der Waals surface area contributed by atoms with E-state index in [0.29, 0.717) is 48.0 Å². The molecule has 1 amide bonds. The molecule has 5 rings (SSSR count). The van der Waals surface area contributed by atoms with E-state index in [1.165, 1.54) is 11.1 Å². The summed E-state index contributed by atoms with van der Waals surface area (Å²) in [4.78, 5) is 25.6. The molecule has 1 heterocycles. The smallest absolute Gasteiger partial charge is 0.225 e. The van der Waals surface area contributed by atoms with E-state index < -0.39 is 0 Å². The molecule has 6 heteroatoms. The summed E-state index contributed by atoms with van der Waals surface area (Å²) < 4.78 is 5.02. The lowest BCUT2D eigenvalue weighted by molar-refractivity contribution is -0.129. The van der Waals surface area contributed by atoms with Gasteiger partial charge in [-0.2, -0.15) is 0 Å². The Morgan fingerprint density at radius 1 is 1.39 bits per heavy atom. The fourth-order valence-corrected chi connectivity index (χ4v) is 7.28. The maximum absolute atomic E-state index is 13.1. The van der Waals surface area contributed by atoms with Gasteiger partial charge in [-0.05, 0) is 80.3 Å². The van der Waals surface area contributed by atoms with Gasteiger partial charge < -0.3 is 9.84 Å². The standard InChI is InChI=1S/C25H31ClN2O3/c1-14-11-22(28-31-14)27-23(30)8-4-16-13-21(29)25(2)10-9-19-18-7-5-17(26)12-15(18)3-6-20(19)24(16)25/h7,11-12,16-17,19-20,24H,3-6,8-10,13H2,1-2H3,(H,27,28,30)/t16-,17?,19?,20?,24?,25-/m1/s1.